The van der Waals surface area contributed by atoms with Gasteiger partial charge in [-0.05, 0) is 39.8 Å². The van der Waals surface area contributed by atoms with E-state index in [1.54, 1.807) is 21.5 Å². The number of allylic oxidation sites excluding steroid dienone is 2. The molecular formula is C20H24Si. The molecule has 0 aromatic heterocycles. The predicted molar refractivity (Wildman–Crippen MR) is 95.4 cm³/mol. The Morgan fingerprint density at radius 1 is 0.571 bits per heavy atom. The van der Waals surface area contributed by atoms with Crippen molar-refractivity contribution < 1.29 is 0 Å². The van der Waals surface area contributed by atoms with E-state index < -0.39 is 8.07 Å². The van der Waals surface area contributed by atoms with Gasteiger partial charge in [-0.1, -0.05) is 81.2 Å². The van der Waals surface area contributed by atoms with Crippen molar-refractivity contribution in [3.63, 3.8) is 0 Å². The molecule has 0 saturated heterocycles. The predicted octanol–water partition coefficient (Wildman–Crippen LogP) is 4.22. The second-order valence-corrected chi connectivity index (χ2v) is 10.8. The zero-order valence-corrected chi connectivity index (χ0v) is 14.5. The maximum absolute atomic E-state index is 2.38. The van der Waals surface area contributed by atoms with Crippen LogP contribution in [0.25, 0.3) is 0 Å². The second kappa shape index (κ2) is 5.30. The molecule has 0 fully saturated rings. The molecular weight excluding hydrogens is 268 g/mol. The summed E-state index contributed by atoms with van der Waals surface area (Å²) in [5, 5.41) is 3.18. The van der Waals surface area contributed by atoms with Gasteiger partial charge in [0.05, 0.1) is 0 Å². The molecule has 2 aromatic carbocycles. The zero-order valence-electron chi connectivity index (χ0n) is 13.5. The molecule has 1 heterocycles. The maximum Gasteiger partial charge on any atom is 0.125 e. The summed E-state index contributed by atoms with van der Waals surface area (Å²) in [6, 6.07) is 21.2. The Bertz CT molecular complexity index is 613. The molecule has 21 heavy (non-hydrogen) atoms. The van der Waals surface area contributed by atoms with E-state index in [1.165, 1.54) is 23.2 Å². The minimum Gasteiger partial charge on any atom is -0.0767 e. The van der Waals surface area contributed by atoms with Crippen LogP contribution in [0.15, 0.2) is 59.7 Å². The lowest BCUT2D eigenvalue weighted by atomic mass is 10.2. The summed E-state index contributed by atoms with van der Waals surface area (Å²) in [6.45, 7) is 9.00. The number of benzene rings is 2. The Morgan fingerprint density at radius 3 is 1.24 bits per heavy atom. The summed E-state index contributed by atoms with van der Waals surface area (Å²) in [4.78, 5) is 0. The van der Waals surface area contributed by atoms with E-state index in [0.29, 0.717) is 0 Å². The fourth-order valence-electron chi connectivity index (χ4n) is 3.59. The normalized spacial score (nSPS) is 17.3. The van der Waals surface area contributed by atoms with Gasteiger partial charge < -0.3 is 0 Å². The number of aryl methyl sites for hydroxylation is 2. The van der Waals surface area contributed by atoms with E-state index in [1.807, 2.05) is 0 Å². The molecule has 0 spiro atoms. The minimum atomic E-state index is -1.63. The molecule has 108 valence electrons. The monoisotopic (exact) mass is 292 g/mol. The topological polar surface area (TPSA) is 0 Å². The Hall–Kier alpha value is -1.60. The van der Waals surface area contributed by atoms with Crippen LogP contribution in [0.3, 0.4) is 0 Å². The van der Waals surface area contributed by atoms with Crippen molar-refractivity contribution in [2.24, 2.45) is 0 Å². The Kier molecular flexibility index (Phi) is 3.62. The Balaban J connectivity index is 2.13. The summed E-state index contributed by atoms with van der Waals surface area (Å²) in [5.41, 5.74) is 5.93. The lowest BCUT2D eigenvalue weighted by Crippen LogP contribution is -2.56. The average Bonchev–Trinajstić information content (AvgIpc) is 2.77. The number of hydrogen-bond acceptors (Lipinski definition) is 0. The highest BCUT2D eigenvalue weighted by Gasteiger charge is 2.41. The molecule has 0 radical (unpaired) electrons. The molecule has 0 saturated carbocycles. The van der Waals surface area contributed by atoms with Crippen LogP contribution in [0.4, 0.5) is 0 Å². The standard InChI is InChI=1S/C20H24Si/c1-15-5-9-19(10-6-15)21(13-17(3)18(4)14-21)20-11-7-16(2)8-12-20/h5-12H,13-14H2,1-4H3. The molecule has 1 heteroatoms. The minimum absolute atomic E-state index is 1.28. The van der Waals surface area contributed by atoms with Crippen LogP contribution >= 0.6 is 0 Å². The largest absolute Gasteiger partial charge is 0.125 e. The SMILES string of the molecule is CC1=C(C)C[Si](c2ccc(C)cc2)(c2ccc(C)cc2)C1. The van der Waals surface area contributed by atoms with Crippen molar-refractivity contribution in [2.45, 2.75) is 39.8 Å². The van der Waals surface area contributed by atoms with E-state index in [9.17, 15) is 0 Å². The fraction of sp³-hybridized carbons (Fsp3) is 0.300. The van der Waals surface area contributed by atoms with Crippen molar-refractivity contribution in [3.05, 3.63) is 70.8 Å². The quantitative estimate of drug-likeness (QED) is 0.574. The van der Waals surface area contributed by atoms with Crippen molar-refractivity contribution in [2.75, 3.05) is 0 Å². The highest BCUT2D eigenvalue weighted by Crippen LogP contribution is 2.34. The number of rotatable bonds is 2. The van der Waals surface area contributed by atoms with Crippen molar-refractivity contribution in [1.29, 1.82) is 0 Å². The fourth-order valence-corrected chi connectivity index (χ4v) is 8.89. The van der Waals surface area contributed by atoms with Gasteiger partial charge >= 0.3 is 0 Å². The average molecular weight is 292 g/mol. The molecule has 0 nitrogen and oxygen atoms in total. The van der Waals surface area contributed by atoms with E-state index >= 15 is 0 Å². The maximum atomic E-state index is 2.38. The van der Waals surface area contributed by atoms with Crippen molar-refractivity contribution in [3.8, 4) is 0 Å². The van der Waals surface area contributed by atoms with Crippen LogP contribution in [-0.4, -0.2) is 8.07 Å². The summed E-state index contributed by atoms with van der Waals surface area (Å²) in [7, 11) is -1.63. The molecule has 1 aliphatic heterocycles. The first-order chi connectivity index (χ1) is 10.0. The smallest absolute Gasteiger partial charge is 0.0767 e. The van der Waals surface area contributed by atoms with Gasteiger partial charge in [-0.25, -0.2) is 0 Å². The third-order valence-corrected chi connectivity index (χ3v) is 10.2. The van der Waals surface area contributed by atoms with Crippen molar-refractivity contribution >= 4 is 18.4 Å². The molecule has 1 aliphatic rings. The highest BCUT2D eigenvalue weighted by atomic mass is 28.3. The summed E-state index contributed by atoms with van der Waals surface area (Å²) in [5.74, 6) is 0. The van der Waals surface area contributed by atoms with Crippen LogP contribution in [0.2, 0.25) is 12.1 Å². The lowest BCUT2D eigenvalue weighted by Gasteiger charge is -2.29. The van der Waals surface area contributed by atoms with E-state index in [4.69, 9.17) is 0 Å². The van der Waals surface area contributed by atoms with Gasteiger partial charge in [0.1, 0.15) is 8.07 Å². The van der Waals surface area contributed by atoms with E-state index in [2.05, 4.69) is 76.2 Å². The van der Waals surface area contributed by atoms with Gasteiger partial charge in [0.15, 0.2) is 0 Å². The van der Waals surface area contributed by atoms with Crippen LogP contribution in [0.1, 0.15) is 25.0 Å². The van der Waals surface area contributed by atoms with Gasteiger partial charge in [-0.15, -0.1) is 0 Å². The highest BCUT2D eigenvalue weighted by molar-refractivity contribution is 7.03. The third-order valence-electron chi connectivity index (χ3n) is 5.07. The van der Waals surface area contributed by atoms with Gasteiger partial charge in [0, 0.05) is 0 Å². The molecule has 2 aromatic rings. The molecule has 0 bridgehead atoms. The van der Waals surface area contributed by atoms with E-state index in [-0.39, 0.29) is 0 Å². The van der Waals surface area contributed by atoms with Gasteiger partial charge in [-0.2, -0.15) is 0 Å². The summed E-state index contributed by atoms with van der Waals surface area (Å²) >= 11 is 0. The molecule has 0 atom stereocenters. The number of hydrogen-bond donors (Lipinski definition) is 0. The van der Waals surface area contributed by atoms with Crippen LogP contribution < -0.4 is 10.4 Å². The first-order valence-corrected chi connectivity index (χ1v) is 10.2. The van der Waals surface area contributed by atoms with E-state index in [0.717, 1.165) is 0 Å². The van der Waals surface area contributed by atoms with Crippen LogP contribution in [-0.2, 0) is 0 Å². The molecule has 0 unspecified atom stereocenters. The zero-order chi connectivity index (χ0) is 15.0. The molecule has 0 amide bonds. The first kappa shape index (κ1) is 14.3. The summed E-state index contributed by atoms with van der Waals surface area (Å²) in [6.07, 6.45) is 0. The summed E-state index contributed by atoms with van der Waals surface area (Å²) < 4.78 is 0. The molecule has 3 rings (SSSR count). The Morgan fingerprint density at radius 2 is 0.905 bits per heavy atom. The third kappa shape index (κ3) is 2.51. The lowest BCUT2D eigenvalue weighted by molar-refractivity contribution is 1.28. The van der Waals surface area contributed by atoms with Gasteiger partial charge in [0.25, 0.3) is 0 Å². The first-order valence-electron chi connectivity index (χ1n) is 7.81. The van der Waals surface area contributed by atoms with Crippen LogP contribution in [0, 0.1) is 13.8 Å². The molecule has 0 N–H and O–H groups in total. The second-order valence-electron chi connectivity index (χ2n) is 6.73. The molecule has 0 aliphatic carbocycles. The van der Waals surface area contributed by atoms with Gasteiger partial charge in [-0.3, -0.25) is 0 Å². The van der Waals surface area contributed by atoms with Gasteiger partial charge in [0.2, 0.25) is 0 Å². The van der Waals surface area contributed by atoms with Crippen LogP contribution in [0.5, 0.6) is 0 Å². The van der Waals surface area contributed by atoms with Crippen molar-refractivity contribution in [1.82, 2.24) is 0 Å². The Labute approximate surface area is 129 Å².